The zero-order chi connectivity index (χ0) is 22.0. The van der Waals surface area contributed by atoms with Crippen molar-refractivity contribution in [3.8, 4) is 45.3 Å². The Morgan fingerprint density at radius 2 is 1.19 bits per heavy atom. The van der Waals surface area contributed by atoms with Crippen molar-refractivity contribution in [3.05, 3.63) is 36.4 Å². The van der Waals surface area contributed by atoms with E-state index in [4.69, 9.17) is 0 Å². The lowest BCUT2D eigenvalue weighted by molar-refractivity contribution is 0.430. The van der Waals surface area contributed by atoms with E-state index in [0.29, 0.717) is 11.1 Å². The number of anilines is 2. The summed E-state index contributed by atoms with van der Waals surface area (Å²) in [6.07, 6.45) is 0. The molecular formula is C24H32N2O6. The maximum atomic E-state index is 10.7. The predicted molar refractivity (Wildman–Crippen MR) is 126 cm³/mol. The van der Waals surface area contributed by atoms with E-state index in [0.717, 1.165) is 37.6 Å². The second-order valence-electron chi connectivity index (χ2n) is 7.19. The minimum absolute atomic E-state index is 0. The summed E-state index contributed by atoms with van der Waals surface area (Å²) in [5, 5.41) is 42.3. The highest BCUT2D eigenvalue weighted by atomic mass is 16.3. The molecule has 0 spiro atoms. The molecule has 174 valence electrons. The van der Waals surface area contributed by atoms with E-state index in [2.05, 4.69) is 9.80 Å². The fourth-order valence-corrected chi connectivity index (χ4v) is 3.96. The second-order valence-corrected chi connectivity index (χ2v) is 7.19. The first-order chi connectivity index (χ1) is 14.4. The van der Waals surface area contributed by atoms with Crippen LogP contribution in [0.25, 0.3) is 22.3 Å². The summed E-state index contributed by atoms with van der Waals surface area (Å²) >= 11 is 0. The Labute approximate surface area is 188 Å². The smallest absolute Gasteiger partial charge is 0.290 e. The Hall–Kier alpha value is -3.36. The zero-order valence-corrected chi connectivity index (χ0v) is 18.9. The third-order valence-corrected chi connectivity index (χ3v) is 5.71. The van der Waals surface area contributed by atoms with Gasteiger partial charge >= 0.3 is 0 Å². The molecule has 0 radical (unpaired) electrons. The van der Waals surface area contributed by atoms with E-state index < -0.39 is 0 Å². The first kappa shape index (κ1) is 26.7. The highest BCUT2D eigenvalue weighted by Gasteiger charge is 2.43. The summed E-state index contributed by atoms with van der Waals surface area (Å²) in [7, 11) is 0. The normalized spacial score (nSPS) is 10.4. The summed E-state index contributed by atoms with van der Waals surface area (Å²) in [6.45, 7) is 11.4. The van der Waals surface area contributed by atoms with E-state index in [1.54, 1.807) is 24.3 Å². The quantitative estimate of drug-likeness (QED) is 0.368. The SMILES string of the molecule is CCN(CC)c1ccc(-c2c(O)[c+](-c3ccc(N(CC)CC)cc3O)[c+]2O)c(O)c1.[OH-].[OH-]. The summed E-state index contributed by atoms with van der Waals surface area (Å²) in [6, 6.07) is 10.3. The van der Waals surface area contributed by atoms with E-state index in [9.17, 15) is 20.4 Å². The Kier molecular flexibility index (Phi) is 8.99. The summed E-state index contributed by atoms with van der Waals surface area (Å²) in [5.41, 5.74) is 2.80. The molecule has 0 aliphatic heterocycles. The van der Waals surface area contributed by atoms with Gasteiger partial charge in [0.1, 0.15) is 5.56 Å². The van der Waals surface area contributed by atoms with Gasteiger partial charge in [0.25, 0.3) is 17.1 Å². The molecule has 0 amide bonds. The van der Waals surface area contributed by atoms with Crippen molar-refractivity contribution in [2.24, 2.45) is 0 Å². The number of aromatic hydroxyl groups is 4. The Morgan fingerprint density at radius 3 is 1.59 bits per heavy atom. The number of phenols is 2. The summed E-state index contributed by atoms with van der Waals surface area (Å²) in [4.78, 5) is 4.18. The topological polar surface area (TPSA) is 147 Å². The number of benzene rings is 2. The Balaban J connectivity index is 0.00000256. The highest BCUT2D eigenvalue weighted by Crippen LogP contribution is 2.58. The third-order valence-electron chi connectivity index (χ3n) is 5.71. The molecule has 6 N–H and O–H groups in total. The monoisotopic (exact) mass is 444 g/mol. The number of nitrogens with zero attached hydrogens (tertiary/aromatic N) is 2. The molecule has 0 aliphatic rings. The Bertz CT molecular complexity index is 920. The van der Waals surface area contributed by atoms with Crippen LogP contribution in [-0.4, -0.2) is 57.6 Å². The largest absolute Gasteiger partial charge is 0.870 e. The van der Waals surface area contributed by atoms with Crippen LogP contribution < -0.4 is 9.80 Å². The lowest BCUT2D eigenvalue weighted by atomic mass is 9.88. The first-order valence-corrected chi connectivity index (χ1v) is 10.4. The van der Waals surface area contributed by atoms with Crippen LogP contribution in [0.5, 0.6) is 23.0 Å². The van der Waals surface area contributed by atoms with Crippen molar-refractivity contribution in [1.29, 1.82) is 0 Å². The molecule has 0 aliphatic carbocycles. The molecule has 0 atom stereocenters. The van der Waals surface area contributed by atoms with Crippen molar-refractivity contribution >= 4 is 11.4 Å². The van der Waals surface area contributed by atoms with Crippen molar-refractivity contribution in [2.45, 2.75) is 27.7 Å². The molecule has 0 aromatic heterocycles. The van der Waals surface area contributed by atoms with E-state index in [1.807, 2.05) is 39.8 Å². The van der Waals surface area contributed by atoms with Gasteiger partial charge in [0.2, 0.25) is 11.3 Å². The van der Waals surface area contributed by atoms with Gasteiger partial charge in [0.05, 0.1) is 5.69 Å². The Morgan fingerprint density at radius 1 is 0.719 bits per heavy atom. The summed E-state index contributed by atoms with van der Waals surface area (Å²) < 4.78 is 0. The number of hydrogen-bond donors (Lipinski definition) is 4. The van der Waals surface area contributed by atoms with Crippen LogP contribution in [0.4, 0.5) is 11.4 Å². The standard InChI is InChI=1S/C24H28N2O4.2H2O/c1-5-25(6-2)15-9-11-17(19(27)13-15)21-23(29)22(24(21)30)18-12-10-16(14-20(18)28)26(7-3)8-4;;/h9-14,29H,5-8H2,1-4H3,(H-2,27,28,30);2*1H2. The van der Waals surface area contributed by atoms with Crippen LogP contribution in [0, 0.1) is 0 Å². The van der Waals surface area contributed by atoms with Crippen LogP contribution in [0.2, 0.25) is 0 Å². The number of phenolic OH excluding ortho intramolecular Hbond substituents is 2. The summed E-state index contributed by atoms with van der Waals surface area (Å²) in [5.74, 6) is -0.339. The molecule has 3 rings (SSSR count). The van der Waals surface area contributed by atoms with Crippen molar-refractivity contribution < 1.29 is 31.4 Å². The van der Waals surface area contributed by atoms with Crippen molar-refractivity contribution in [2.75, 3.05) is 36.0 Å². The van der Waals surface area contributed by atoms with Gasteiger partial charge in [0, 0.05) is 56.1 Å². The van der Waals surface area contributed by atoms with Crippen LogP contribution >= 0.6 is 0 Å². The van der Waals surface area contributed by atoms with Crippen molar-refractivity contribution in [3.63, 3.8) is 0 Å². The van der Waals surface area contributed by atoms with Gasteiger partial charge in [-0.25, -0.2) is 0 Å². The van der Waals surface area contributed by atoms with Gasteiger partial charge in [-0.05, 0) is 39.8 Å². The van der Waals surface area contributed by atoms with Gasteiger partial charge < -0.3 is 41.2 Å². The van der Waals surface area contributed by atoms with Gasteiger partial charge in [-0.3, -0.25) is 0 Å². The fraction of sp³-hybridized carbons (Fsp3) is 0.333. The molecule has 3 aromatic rings. The maximum absolute atomic E-state index is 10.7. The van der Waals surface area contributed by atoms with Gasteiger partial charge in [-0.2, -0.15) is 0 Å². The van der Waals surface area contributed by atoms with E-state index in [-0.39, 0.29) is 45.1 Å². The average Bonchev–Trinajstić information content (AvgIpc) is 2.73. The minimum Gasteiger partial charge on any atom is -0.870 e. The van der Waals surface area contributed by atoms with E-state index >= 15 is 0 Å². The lowest BCUT2D eigenvalue weighted by Crippen LogP contribution is -2.21. The zero-order valence-electron chi connectivity index (χ0n) is 18.9. The minimum atomic E-state index is -0.149. The van der Waals surface area contributed by atoms with Crippen LogP contribution in [0.3, 0.4) is 0 Å². The molecule has 0 fully saturated rings. The van der Waals surface area contributed by atoms with E-state index in [1.165, 1.54) is 0 Å². The second kappa shape index (κ2) is 10.8. The van der Waals surface area contributed by atoms with Gasteiger partial charge in [0.15, 0.2) is 11.3 Å². The van der Waals surface area contributed by atoms with Crippen molar-refractivity contribution in [1.82, 2.24) is 0 Å². The number of hydrogen-bond acceptors (Lipinski definition) is 8. The number of rotatable bonds is 8. The molecule has 0 unspecified atom stereocenters. The van der Waals surface area contributed by atoms with Gasteiger partial charge in [-0.1, -0.05) is 0 Å². The highest BCUT2D eigenvalue weighted by molar-refractivity contribution is 6.01. The lowest BCUT2D eigenvalue weighted by Gasteiger charge is -2.21. The van der Waals surface area contributed by atoms with Crippen LogP contribution in [0.15, 0.2) is 36.4 Å². The molecule has 8 nitrogen and oxygen atoms in total. The third kappa shape index (κ3) is 4.46. The molecule has 32 heavy (non-hydrogen) atoms. The van der Waals surface area contributed by atoms with Crippen LogP contribution in [0.1, 0.15) is 27.7 Å². The fourth-order valence-electron chi connectivity index (χ4n) is 3.96. The first-order valence-electron chi connectivity index (χ1n) is 10.4. The van der Waals surface area contributed by atoms with Crippen LogP contribution in [-0.2, 0) is 0 Å². The molecule has 8 heteroatoms. The molecule has 0 heterocycles. The molecule has 0 saturated heterocycles. The molecule has 0 saturated carbocycles. The molecule has 0 bridgehead atoms. The molecular weight excluding hydrogens is 412 g/mol. The molecule has 3 aromatic carbocycles. The average molecular weight is 445 g/mol. The van der Waals surface area contributed by atoms with Gasteiger partial charge in [-0.15, -0.1) is 0 Å². The maximum Gasteiger partial charge on any atom is 0.290 e. The predicted octanol–water partition coefficient (Wildman–Crippen LogP) is 4.62.